The predicted molar refractivity (Wildman–Crippen MR) is 66.3 cm³/mol. The minimum Gasteiger partial charge on any atom is -0.384 e. The third kappa shape index (κ3) is 3.43. The Labute approximate surface area is 101 Å². The lowest BCUT2D eigenvalue weighted by atomic mass is 10.1. The summed E-state index contributed by atoms with van der Waals surface area (Å²) in [6.07, 6.45) is 3.20. The van der Waals surface area contributed by atoms with E-state index in [4.69, 9.17) is 4.74 Å². The van der Waals surface area contributed by atoms with Crippen molar-refractivity contribution in [2.24, 2.45) is 0 Å². The Morgan fingerprint density at radius 1 is 1.29 bits per heavy atom. The molecule has 0 saturated carbocycles. The Bertz CT molecular complexity index is 438. The van der Waals surface area contributed by atoms with Gasteiger partial charge in [0.2, 0.25) is 0 Å². The summed E-state index contributed by atoms with van der Waals surface area (Å²) in [6.45, 7) is 1.39. The highest BCUT2D eigenvalue weighted by Gasteiger charge is 2.10. The lowest BCUT2D eigenvalue weighted by Gasteiger charge is -2.08. The Morgan fingerprint density at radius 2 is 2.12 bits per heavy atom. The summed E-state index contributed by atoms with van der Waals surface area (Å²) in [4.78, 5) is 11.1. The van der Waals surface area contributed by atoms with Crippen molar-refractivity contribution in [3.63, 3.8) is 0 Å². The molecular formula is C14H17NO2. The first-order valence-electron chi connectivity index (χ1n) is 5.82. The first-order valence-corrected chi connectivity index (χ1v) is 5.82. The molecule has 0 radical (unpaired) electrons. The molecule has 1 aliphatic rings. The molecule has 3 heteroatoms. The van der Waals surface area contributed by atoms with Gasteiger partial charge in [-0.1, -0.05) is 24.3 Å². The van der Waals surface area contributed by atoms with Crippen LogP contribution in [0.5, 0.6) is 0 Å². The molecule has 0 heterocycles. The molecule has 3 nitrogen and oxygen atoms in total. The van der Waals surface area contributed by atoms with Crippen LogP contribution < -0.4 is 5.32 Å². The number of rotatable bonds is 5. The maximum atomic E-state index is 11.1. The first-order chi connectivity index (χ1) is 8.28. The normalized spacial score (nSPS) is 14.9. The van der Waals surface area contributed by atoms with Crippen LogP contribution in [0.25, 0.3) is 0 Å². The van der Waals surface area contributed by atoms with Gasteiger partial charge in [-0.3, -0.25) is 4.79 Å². The van der Waals surface area contributed by atoms with Crippen LogP contribution in [0.3, 0.4) is 0 Å². The van der Waals surface area contributed by atoms with Crippen LogP contribution in [0.15, 0.2) is 36.0 Å². The second-order valence-corrected chi connectivity index (χ2v) is 4.24. The van der Waals surface area contributed by atoms with Gasteiger partial charge in [0.25, 0.3) is 0 Å². The molecule has 0 fully saturated rings. The third-order valence-corrected chi connectivity index (χ3v) is 2.80. The summed E-state index contributed by atoms with van der Waals surface area (Å²) in [6, 6.07) is 8.27. The van der Waals surface area contributed by atoms with E-state index in [-0.39, 0.29) is 5.78 Å². The lowest BCUT2D eigenvalue weighted by molar-refractivity contribution is -0.114. The number of carbonyl (C=O) groups is 1. The molecule has 17 heavy (non-hydrogen) atoms. The standard InChI is InChI=1S/C14H17NO2/c1-17-10-12-4-2-3-11(7-12)9-15-13-5-6-14(16)8-13/h2-4,7-8,15H,5-6,9-10H2,1H3. The van der Waals surface area contributed by atoms with Crippen molar-refractivity contribution in [3.8, 4) is 0 Å². The highest BCUT2D eigenvalue weighted by atomic mass is 16.5. The van der Waals surface area contributed by atoms with Crippen molar-refractivity contribution in [3.05, 3.63) is 47.2 Å². The van der Waals surface area contributed by atoms with Gasteiger partial charge in [-0.25, -0.2) is 0 Å². The summed E-state index contributed by atoms with van der Waals surface area (Å²) >= 11 is 0. The summed E-state index contributed by atoms with van der Waals surface area (Å²) in [7, 11) is 1.69. The second-order valence-electron chi connectivity index (χ2n) is 4.24. The molecular weight excluding hydrogens is 214 g/mol. The van der Waals surface area contributed by atoms with E-state index in [9.17, 15) is 4.79 Å². The van der Waals surface area contributed by atoms with Gasteiger partial charge in [0.05, 0.1) is 6.61 Å². The predicted octanol–water partition coefficient (Wildman–Crippen LogP) is 2.17. The van der Waals surface area contributed by atoms with Crippen LogP contribution in [0, 0.1) is 0 Å². The van der Waals surface area contributed by atoms with Gasteiger partial charge in [0.1, 0.15) is 0 Å². The monoisotopic (exact) mass is 231 g/mol. The second kappa shape index (κ2) is 5.64. The smallest absolute Gasteiger partial charge is 0.157 e. The molecule has 0 amide bonds. The first kappa shape index (κ1) is 11.9. The molecule has 0 unspecified atom stereocenters. The molecule has 0 aromatic heterocycles. The summed E-state index contributed by atoms with van der Waals surface area (Å²) in [5.41, 5.74) is 3.43. The summed E-state index contributed by atoms with van der Waals surface area (Å²) in [5.74, 6) is 0.223. The quantitative estimate of drug-likeness (QED) is 0.844. The molecule has 0 spiro atoms. The van der Waals surface area contributed by atoms with Crippen LogP contribution in [0.4, 0.5) is 0 Å². The van der Waals surface area contributed by atoms with Gasteiger partial charge >= 0.3 is 0 Å². The largest absolute Gasteiger partial charge is 0.384 e. The Balaban J connectivity index is 1.92. The Hall–Kier alpha value is -1.61. The fourth-order valence-electron chi connectivity index (χ4n) is 1.95. The van der Waals surface area contributed by atoms with E-state index in [1.807, 2.05) is 12.1 Å². The van der Waals surface area contributed by atoms with Crippen LogP contribution in [0.2, 0.25) is 0 Å². The van der Waals surface area contributed by atoms with Gasteiger partial charge in [0, 0.05) is 31.8 Å². The van der Waals surface area contributed by atoms with Crippen molar-refractivity contribution >= 4 is 5.78 Å². The van der Waals surface area contributed by atoms with Gasteiger partial charge in [-0.05, 0) is 17.5 Å². The number of methoxy groups -OCH3 is 1. The van der Waals surface area contributed by atoms with Crippen molar-refractivity contribution in [1.29, 1.82) is 0 Å². The average molecular weight is 231 g/mol. The minimum absolute atomic E-state index is 0.223. The highest BCUT2D eigenvalue weighted by molar-refractivity contribution is 5.92. The number of nitrogens with one attached hydrogen (secondary N) is 1. The zero-order valence-corrected chi connectivity index (χ0v) is 10.0. The van der Waals surface area contributed by atoms with E-state index in [1.165, 1.54) is 11.1 Å². The van der Waals surface area contributed by atoms with Gasteiger partial charge in [0.15, 0.2) is 5.78 Å². The zero-order valence-electron chi connectivity index (χ0n) is 10.0. The van der Waals surface area contributed by atoms with E-state index < -0.39 is 0 Å². The fourth-order valence-corrected chi connectivity index (χ4v) is 1.95. The maximum absolute atomic E-state index is 11.1. The molecule has 0 saturated heterocycles. The molecule has 0 atom stereocenters. The molecule has 1 aliphatic carbocycles. The molecule has 0 aliphatic heterocycles. The number of allylic oxidation sites excluding steroid dienone is 2. The van der Waals surface area contributed by atoms with Crippen LogP contribution >= 0.6 is 0 Å². The Kier molecular flexibility index (Phi) is 3.94. The van der Waals surface area contributed by atoms with Crippen LogP contribution in [-0.4, -0.2) is 12.9 Å². The van der Waals surface area contributed by atoms with Crippen molar-refractivity contribution in [2.45, 2.75) is 26.0 Å². The molecule has 2 rings (SSSR count). The molecule has 1 N–H and O–H groups in total. The topological polar surface area (TPSA) is 38.3 Å². The summed E-state index contributed by atoms with van der Waals surface area (Å²) in [5, 5.41) is 3.30. The van der Waals surface area contributed by atoms with E-state index >= 15 is 0 Å². The molecule has 90 valence electrons. The van der Waals surface area contributed by atoms with E-state index in [2.05, 4.69) is 17.4 Å². The number of hydrogen-bond donors (Lipinski definition) is 1. The Morgan fingerprint density at radius 3 is 2.82 bits per heavy atom. The van der Waals surface area contributed by atoms with E-state index in [0.717, 1.165) is 18.7 Å². The van der Waals surface area contributed by atoms with Gasteiger partial charge < -0.3 is 10.1 Å². The van der Waals surface area contributed by atoms with Crippen molar-refractivity contribution < 1.29 is 9.53 Å². The summed E-state index contributed by atoms with van der Waals surface area (Å²) < 4.78 is 5.10. The number of carbonyl (C=O) groups excluding carboxylic acids is 1. The number of hydrogen-bond acceptors (Lipinski definition) is 3. The molecule has 0 bridgehead atoms. The maximum Gasteiger partial charge on any atom is 0.157 e. The highest BCUT2D eigenvalue weighted by Crippen LogP contribution is 2.13. The van der Waals surface area contributed by atoms with Gasteiger partial charge in [-0.15, -0.1) is 0 Å². The van der Waals surface area contributed by atoms with E-state index in [0.29, 0.717) is 13.0 Å². The fraction of sp³-hybridized carbons (Fsp3) is 0.357. The minimum atomic E-state index is 0.223. The van der Waals surface area contributed by atoms with Crippen molar-refractivity contribution in [1.82, 2.24) is 5.32 Å². The van der Waals surface area contributed by atoms with Crippen molar-refractivity contribution in [2.75, 3.05) is 7.11 Å². The number of benzene rings is 1. The van der Waals surface area contributed by atoms with Gasteiger partial charge in [-0.2, -0.15) is 0 Å². The molecule has 1 aromatic rings. The number of ether oxygens (including phenoxy) is 1. The van der Waals surface area contributed by atoms with Crippen LogP contribution in [0.1, 0.15) is 24.0 Å². The third-order valence-electron chi connectivity index (χ3n) is 2.80. The molecule has 1 aromatic carbocycles. The zero-order chi connectivity index (χ0) is 12.1. The SMILES string of the molecule is COCc1cccc(CNC2=CC(=O)CC2)c1. The number of ketones is 1. The van der Waals surface area contributed by atoms with Crippen LogP contribution in [-0.2, 0) is 22.7 Å². The average Bonchev–Trinajstić information content (AvgIpc) is 2.74. The lowest BCUT2D eigenvalue weighted by Crippen LogP contribution is -2.11. The van der Waals surface area contributed by atoms with E-state index in [1.54, 1.807) is 13.2 Å².